The third-order valence-corrected chi connectivity index (χ3v) is 3.53. The van der Waals surface area contributed by atoms with Crippen molar-refractivity contribution >= 4 is 5.97 Å². The number of hydrogen-bond acceptors (Lipinski definition) is 6. The van der Waals surface area contributed by atoms with Crippen LogP contribution in [0.1, 0.15) is 47.2 Å². The number of benzene rings is 1. The quantitative estimate of drug-likeness (QED) is 0.639. The van der Waals surface area contributed by atoms with Crippen molar-refractivity contribution in [2.45, 2.75) is 33.7 Å². The zero-order valence-corrected chi connectivity index (χ0v) is 13.1. The van der Waals surface area contributed by atoms with E-state index in [4.69, 9.17) is 14.2 Å². The SMILES string of the molecule is COc1c(C)c(OCC=C(C)C)c(CO)c2c1C(=O)OC2O. The predicted octanol–water partition coefficient (Wildman–Crippen LogP) is 2.00. The first-order valence-corrected chi connectivity index (χ1v) is 6.91. The van der Waals surface area contributed by atoms with E-state index in [1.165, 1.54) is 7.11 Å². The predicted molar refractivity (Wildman–Crippen MR) is 79.0 cm³/mol. The number of carbonyl (C=O) groups is 1. The first-order valence-electron chi connectivity index (χ1n) is 6.91. The van der Waals surface area contributed by atoms with Crippen molar-refractivity contribution in [1.29, 1.82) is 0 Å². The number of rotatable bonds is 5. The van der Waals surface area contributed by atoms with Crippen molar-refractivity contribution in [1.82, 2.24) is 0 Å². The molecule has 0 spiro atoms. The molecule has 0 amide bonds. The van der Waals surface area contributed by atoms with Gasteiger partial charge in [-0.25, -0.2) is 4.79 Å². The number of carbonyl (C=O) groups excluding carboxylic acids is 1. The number of aliphatic hydroxyl groups excluding tert-OH is 2. The van der Waals surface area contributed by atoms with E-state index in [-0.39, 0.29) is 17.7 Å². The summed E-state index contributed by atoms with van der Waals surface area (Å²) in [4.78, 5) is 11.9. The van der Waals surface area contributed by atoms with Gasteiger partial charge in [0.2, 0.25) is 6.29 Å². The van der Waals surface area contributed by atoms with Crippen LogP contribution in [-0.2, 0) is 11.3 Å². The van der Waals surface area contributed by atoms with Crippen LogP contribution in [0.15, 0.2) is 11.6 Å². The molecule has 0 aliphatic carbocycles. The molecule has 2 N–H and O–H groups in total. The summed E-state index contributed by atoms with van der Waals surface area (Å²) in [5.74, 6) is 0.0156. The van der Waals surface area contributed by atoms with Crippen LogP contribution in [0.5, 0.6) is 11.5 Å². The van der Waals surface area contributed by atoms with Gasteiger partial charge in [-0.15, -0.1) is 0 Å². The van der Waals surface area contributed by atoms with E-state index < -0.39 is 12.3 Å². The highest BCUT2D eigenvalue weighted by Crippen LogP contribution is 2.45. The van der Waals surface area contributed by atoms with Gasteiger partial charge in [0, 0.05) is 16.7 Å². The average molecular weight is 308 g/mol. The lowest BCUT2D eigenvalue weighted by molar-refractivity contribution is -0.0556. The Balaban J connectivity index is 2.61. The Kier molecular flexibility index (Phi) is 4.73. The maximum atomic E-state index is 11.9. The van der Waals surface area contributed by atoms with Gasteiger partial charge in [0.05, 0.1) is 13.7 Å². The number of fused-ring (bicyclic) bond motifs is 1. The van der Waals surface area contributed by atoms with E-state index in [0.717, 1.165) is 5.57 Å². The van der Waals surface area contributed by atoms with Crippen LogP contribution in [0, 0.1) is 6.92 Å². The molecule has 1 atom stereocenters. The minimum atomic E-state index is -1.43. The number of hydrogen-bond donors (Lipinski definition) is 2. The van der Waals surface area contributed by atoms with E-state index in [2.05, 4.69) is 0 Å². The van der Waals surface area contributed by atoms with E-state index in [9.17, 15) is 15.0 Å². The lowest BCUT2D eigenvalue weighted by Gasteiger charge is -2.19. The van der Waals surface area contributed by atoms with Gasteiger partial charge in [-0.2, -0.15) is 0 Å². The Morgan fingerprint density at radius 2 is 2.05 bits per heavy atom. The van der Waals surface area contributed by atoms with Crippen LogP contribution in [0.2, 0.25) is 0 Å². The largest absolute Gasteiger partial charge is 0.495 e. The summed E-state index contributed by atoms with van der Waals surface area (Å²) in [6.07, 6.45) is 0.461. The van der Waals surface area contributed by atoms with Gasteiger partial charge in [0.1, 0.15) is 23.7 Å². The molecule has 6 nitrogen and oxygen atoms in total. The number of allylic oxidation sites excluding steroid dienone is 1. The lowest BCUT2D eigenvalue weighted by Crippen LogP contribution is -2.09. The Hall–Kier alpha value is -2.05. The first kappa shape index (κ1) is 16.3. The monoisotopic (exact) mass is 308 g/mol. The molecule has 0 aromatic heterocycles. The molecule has 0 fully saturated rings. The Bertz CT molecular complexity index is 628. The summed E-state index contributed by atoms with van der Waals surface area (Å²) in [6, 6.07) is 0. The maximum Gasteiger partial charge on any atom is 0.345 e. The zero-order valence-electron chi connectivity index (χ0n) is 13.1. The van der Waals surface area contributed by atoms with Gasteiger partial charge in [-0.05, 0) is 26.8 Å². The van der Waals surface area contributed by atoms with Gasteiger partial charge < -0.3 is 24.4 Å². The van der Waals surface area contributed by atoms with E-state index >= 15 is 0 Å². The molecule has 6 heteroatoms. The van der Waals surface area contributed by atoms with Gasteiger partial charge in [0.25, 0.3) is 0 Å². The topological polar surface area (TPSA) is 85.2 Å². The van der Waals surface area contributed by atoms with E-state index in [1.807, 2.05) is 19.9 Å². The molecular weight excluding hydrogens is 288 g/mol. The summed E-state index contributed by atoms with van der Waals surface area (Å²) >= 11 is 0. The van der Waals surface area contributed by atoms with Crippen molar-refractivity contribution in [2.24, 2.45) is 0 Å². The molecule has 1 heterocycles. The number of esters is 1. The molecule has 0 radical (unpaired) electrons. The lowest BCUT2D eigenvalue weighted by atomic mass is 9.96. The fourth-order valence-corrected chi connectivity index (χ4v) is 2.51. The van der Waals surface area contributed by atoms with Crippen LogP contribution in [0.25, 0.3) is 0 Å². The molecule has 1 aromatic carbocycles. The average Bonchev–Trinajstić information content (AvgIpc) is 2.74. The molecule has 1 aliphatic heterocycles. The van der Waals surface area contributed by atoms with Crippen LogP contribution in [-0.4, -0.2) is 29.9 Å². The molecule has 0 saturated heterocycles. The minimum Gasteiger partial charge on any atom is -0.495 e. The van der Waals surface area contributed by atoms with E-state index in [1.54, 1.807) is 6.92 Å². The fraction of sp³-hybridized carbons (Fsp3) is 0.438. The third kappa shape index (κ3) is 2.67. The summed E-state index contributed by atoms with van der Waals surface area (Å²) in [7, 11) is 1.43. The highest BCUT2D eigenvalue weighted by molar-refractivity contribution is 5.98. The van der Waals surface area contributed by atoms with Crippen molar-refractivity contribution in [3.05, 3.63) is 33.9 Å². The standard InChI is InChI=1S/C16H20O6/c1-8(2)5-6-21-13-9(3)14(20-4)12-11(10(13)7-17)15(18)22-16(12)19/h5,15,17-18H,6-7H2,1-4H3. The zero-order chi connectivity index (χ0) is 16.4. The molecule has 22 heavy (non-hydrogen) atoms. The van der Waals surface area contributed by atoms with Gasteiger partial charge in [-0.3, -0.25) is 0 Å². The van der Waals surface area contributed by atoms with Gasteiger partial charge in [-0.1, -0.05) is 5.57 Å². The van der Waals surface area contributed by atoms with Crippen LogP contribution >= 0.6 is 0 Å². The smallest absolute Gasteiger partial charge is 0.345 e. The summed E-state index contributed by atoms with van der Waals surface area (Å²) in [6.45, 7) is 5.55. The molecule has 120 valence electrons. The fourth-order valence-electron chi connectivity index (χ4n) is 2.51. The van der Waals surface area contributed by atoms with Crippen molar-refractivity contribution in [3.63, 3.8) is 0 Å². The number of aliphatic hydroxyl groups is 2. The second-order valence-corrected chi connectivity index (χ2v) is 5.26. The normalized spacial score (nSPS) is 16.1. The van der Waals surface area contributed by atoms with Gasteiger partial charge in [0.15, 0.2) is 0 Å². The molecular formula is C16H20O6. The molecule has 1 unspecified atom stereocenters. The Morgan fingerprint density at radius 3 is 2.59 bits per heavy atom. The van der Waals surface area contributed by atoms with Crippen molar-refractivity contribution in [2.75, 3.05) is 13.7 Å². The molecule has 0 bridgehead atoms. The highest BCUT2D eigenvalue weighted by Gasteiger charge is 2.38. The first-order chi connectivity index (χ1) is 10.4. The van der Waals surface area contributed by atoms with E-state index in [0.29, 0.717) is 29.2 Å². The van der Waals surface area contributed by atoms with Crippen LogP contribution in [0.4, 0.5) is 0 Å². The maximum absolute atomic E-state index is 11.9. The van der Waals surface area contributed by atoms with Crippen LogP contribution < -0.4 is 9.47 Å². The summed E-state index contributed by atoms with van der Waals surface area (Å²) in [5.41, 5.74) is 2.37. The van der Waals surface area contributed by atoms with Crippen molar-refractivity contribution in [3.8, 4) is 11.5 Å². The number of cyclic esters (lactones) is 1. The van der Waals surface area contributed by atoms with Crippen molar-refractivity contribution < 1.29 is 29.2 Å². The second-order valence-electron chi connectivity index (χ2n) is 5.26. The molecule has 0 saturated carbocycles. The number of ether oxygens (including phenoxy) is 3. The second kappa shape index (κ2) is 6.37. The summed E-state index contributed by atoms with van der Waals surface area (Å²) in [5, 5.41) is 19.6. The Morgan fingerprint density at radius 1 is 1.36 bits per heavy atom. The minimum absolute atomic E-state index is 0.145. The van der Waals surface area contributed by atoms with Gasteiger partial charge >= 0.3 is 5.97 Å². The molecule has 1 aliphatic rings. The van der Waals surface area contributed by atoms with Crippen LogP contribution in [0.3, 0.4) is 0 Å². The molecule has 1 aromatic rings. The highest BCUT2D eigenvalue weighted by atomic mass is 16.6. The Labute approximate surface area is 128 Å². The number of methoxy groups -OCH3 is 1. The summed E-state index contributed by atoms with van der Waals surface area (Å²) < 4.78 is 15.8. The third-order valence-electron chi connectivity index (χ3n) is 3.53. The molecule has 2 rings (SSSR count).